The van der Waals surface area contributed by atoms with E-state index >= 15 is 0 Å². The number of carbonyl (C=O) groups is 2. The lowest BCUT2D eigenvalue weighted by Gasteiger charge is -2.64. The van der Waals surface area contributed by atoms with E-state index in [1.54, 1.807) is 30.3 Å². The van der Waals surface area contributed by atoms with Crippen molar-refractivity contribution in [1.29, 1.82) is 0 Å². The third-order valence-corrected chi connectivity index (χ3v) is 14.4. The Bertz CT molecular complexity index is 1420. The Balaban J connectivity index is 1.26. The average molecular weight is 635 g/mol. The molecule has 0 saturated heterocycles. The molecule has 0 amide bonds. The number of esters is 1. The third kappa shape index (κ3) is 5.11. The van der Waals surface area contributed by atoms with Gasteiger partial charge in [-0.2, -0.15) is 0 Å². The predicted octanol–water partition coefficient (Wildman–Crippen LogP) is 6.23. The number of aliphatic hydroxyl groups excluding tert-OH is 3. The Morgan fingerprint density at radius 1 is 0.870 bits per heavy atom. The summed E-state index contributed by atoms with van der Waals surface area (Å²) in [4.78, 5) is 27.1. The van der Waals surface area contributed by atoms with Crippen LogP contribution in [0.5, 0.6) is 5.75 Å². The SMILES string of the molecule is C[C@]12CC[C@H]3[C@@](C)(CO)[C@H](O)CC[C@@]3(C)[C@H]1CC[C@H]1C(=CC(=O)[C@H]3[C@](C)(COC(=O)C=Cc4ccc(O)cc4)[C@H](O)CC[C@@]31C)C2. The van der Waals surface area contributed by atoms with Crippen molar-refractivity contribution in [3.05, 3.63) is 47.6 Å². The molecule has 7 heteroatoms. The van der Waals surface area contributed by atoms with Gasteiger partial charge < -0.3 is 25.2 Å². The van der Waals surface area contributed by atoms with Crippen LogP contribution in [0.25, 0.3) is 6.08 Å². The number of ether oxygens (including phenoxy) is 1. The van der Waals surface area contributed by atoms with Crippen LogP contribution >= 0.6 is 0 Å². The van der Waals surface area contributed by atoms with Crippen molar-refractivity contribution < 1.29 is 34.8 Å². The van der Waals surface area contributed by atoms with Crippen LogP contribution in [0.2, 0.25) is 0 Å². The van der Waals surface area contributed by atoms with Gasteiger partial charge in [-0.05, 0) is 122 Å². The van der Waals surface area contributed by atoms with Gasteiger partial charge >= 0.3 is 5.97 Å². The van der Waals surface area contributed by atoms with Crippen molar-refractivity contribution in [3.63, 3.8) is 0 Å². The number of allylic oxidation sites excluding steroid dienone is 2. The Kier molecular flexibility index (Phi) is 8.42. The summed E-state index contributed by atoms with van der Waals surface area (Å²) in [6.07, 6.45) is 11.4. The Morgan fingerprint density at radius 2 is 1.52 bits per heavy atom. The van der Waals surface area contributed by atoms with Crippen LogP contribution in [0, 0.1) is 50.7 Å². The number of fused-ring (bicyclic) bond motifs is 6. The molecule has 5 aliphatic carbocycles. The van der Waals surface area contributed by atoms with Gasteiger partial charge in [-0.3, -0.25) is 4.79 Å². The molecule has 11 atom stereocenters. The minimum atomic E-state index is -0.920. The summed E-state index contributed by atoms with van der Waals surface area (Å²) in [6, 6.07) is 6.51. The zero-order valence-electron chi connectivity index (χ0n) is 28.3. The number of hydrogen-bond acceptors (Lipinski definition) is 7. The van der Waals surface area contributed by atoms with Gasteiger partial charge in [0.2, 0.25) is 0 Å². The molecule has 0 heterocycles. The van der Waals surface area contributed by atoms with Gasteiger partial charge in [-0.25, -0.2) is 4.79 Å². The van der Waals surface area contributed by atoms with Crippen LogP contribution in [0.1, 0.15) is 98.0 Å². The minimum Gasteiger partial charge on any atom is -0.508 e. The molecule has 1 aromatic carbocycles. The van der Waals surface area contributed by atoms with E-state index in [1.807, 2.05) is 13.0 Å². The summed E-state index contributed by atoms with van der Waals surface area (Å²) in [7, 11) is 0. The molecule has 4 fully saturated rings. The van der Waals surface area contributed by atoms with Crippen molar-refractivity contribution in [2.24, 2.45) is 50.7 Å². The van der Waals surface area contributed by atoms with Gasteiger partial charge in [0.25, 0.3) is 0 Å². The van der Waals surface area contributed by atoms with Gasteiger partial charge in [-0.1, -0.05) is 52.3 Å². The summed E-state index contributed by atoms with van der Waals surface area (Å²) in [6.45, 7) is 11.0. The molecule has 0 spiro atoms. The zero-order chi connectivity index (χ0) is 33.3. The lowest BCUT2D eigenvalue weighted by molar-refractivity contribution is -0.189. The molecule has 252 valence electrons. The maximum atomic E-state index is 14.2. The molecule has 5 aliphatic rings. The van der Waals surface area contributed by atoms with Crippen molar-refractivity contribution >= 4 is 17.8 Å². The molecule has 0 aliphatic heterocycles. The fraction of sp³-hybridized carbons (Fsp3) is 0.692. The first-order valence-corrected chi connectivity index (χ1v) is 17.5. The normalized spacial score (nSPS) is 45.5. The van der Waals surface area contributed by atoms with E-state index in [4.69, 9.17) is 4.74 Å². The number of carbonyl (C=O) groups excluding carboxylic acids is 2. The first-order chi connectivity index (χ1) is 21.6. The summed E-state index contributed by atoms with van der Waals surface area (Å²) < 4.78 is 5.76. The highest BCUT2D eigenvalue weighted by atomic mass is 16.5. The van der Waals surface area contributed by atoms with Crippen LogP contribution in [0.3, 0.4) is 0 Å². The summed E-state index contributed by atoms with van der Waals surface area (Å²) in [5.74, 6) is 0.0608. The van der Waals surface area contributed by atoms with E-state index in [1.165, 1.54) is 11.6 Å². The molecule has 7 nitrogen and oxygen atoms in total. The van der Waals surface area contributed by atoms with Crippen LogP contribution < -0.4 is 0 Å². The second-order valence-electron chi connectivity index (χ2n) is 17.0. The first kappa shape index (κ1) is 33.4. The minimum absolute atomic E-state index is 0.00120. The quantitative estimate of drug-likeness (QED) is 0.224. The maximum absolute atomic E-state index is 14.2. The molecule has 0 bridgehead atoms. The van der Waals surface area contributed by atoms with Gasteiger partial charge in [0.05, 0.1) is 18.8 Å². The number of rotatable bonds is 5. The highest BCUT2D eigenvalue weighted by Crippen LogP contribution is 2.70. The van der Waals surface area contributed by atoms with E-state index in [-0.39, 0.29) is 52.8 Å². The molecule has 0 aromatic heterocycles. The summed E-state index contributed by atoms with van der Waals surface area (Å²) in [5.41, 5.74) is 0.250. The smallest absolute Gasteiger partial charge is 0.330 e. The largest absolute Gasteiger partial charge is 0.508 e. The van der Waals surface area contributed by atoms with E-state index in [0.717, 1.165) is 50.5 Å². The van der Waals surface area contributed by atoms with E-state index in [0.29, 0.717) is 18.8 Å². The standard InChI is InChI=1S/C39H54O7/c1-35-17-14-30-37(3,19-16-31(43)38(30,4)22-40)29(35)12-11-27-25(21-35)20-28(42)34-36(27,2)18-15-32(44)39(34,5)23-46-33(45)13-8-24-6-9-26(41)10-7-24/h6-10,13,20,27,29-32,34,40-41,43-44H,11-12,14-19,21-23H2,1-5H3/t27-,29-,30+,31+,32+,34+,35+,36+,37-,38+,39+/m0/s1. The molecule has 0 unspecified atom stereocenters. The second-order valence-corrected chi connectivity index (χ2v) is 17.0. The molecule has 6 rings (SSSR count). The number of phenolic OH excluding ortho intramolecular Hbond substituents is 1. The van der Waals surface area contributed by atoms with Crippen LogP contribution in [0.4, 0.5) is 0 Å². The third-order valence-electron chi connectivity index (χ3n) is 14.4. The number of phenols is 1. The van der Waals surface area contributed by atoms with Crippen molar-refractivity contribution in [3.8, 4) is 5.75 Å². The first-order valence-electron chi connectivity index (χ1n) is 17.5. The second kappa shape index (κ2) is 11.6. The molecular formula is C39H54O7. The lowest BCUT2D eigenvalue weighted by Crippen LogP contribution is -2.60. The predicted molar refractivity (Wildman–Crippen MR) is 176 cm³/mol. The van der Waals surface area contributed by atoms with Crippen LogP contribution in [0.15, 0.2) is 42.0 Å². The molecular weight excluding hydrogens is 580 g/mol. The number of aliphatic hydroxyl groups is 3. The van der Waals surface area contributed by atoms with Gasteiger partial charge in [-0.15, -0.1) is 0 Å². The number of ketones is 1. The number of hydrogen-bond donors (Lipinski definition) is 4. The van der Waals surface area contributed by atoms with E-state index in [2.05, 4.69) is 27.7 Å². The van der Waals surface area contributed by atoms with Gasteiger partial charge in [0, 0.05) is 22.8 Å². The van der Waals surface area contributed by atoms with Gasteiger partial charge in [0.1, 0.15) is 12.4 Å². The van der Waals surface area contributed by atoms with Crippen molar-refractivity contribution in [2.75, 3.05) is 13.2 Å². The fourth-order valence-electron chi connectivity index (χ4n) is 11.9. The Morgan fingerprint density at radius 3 is 2.20 bits per heavy atom. The molecule has 4 saturated carbocycles. The van der Waals surface area contributed by atoms with E-state index < -0.39 is 34.9 Å². The van der Waals surface area contributed by atoms with Crippen molar-refractivity contribution in [2.45, 2.75) is 105 Å². The number of aromatic hydroxyl groups is 1. The van der Waals surface area contributed by atoms with Crippen LogP contribution in [-0.2, 0) is 14.3 Å². The Labute approximate surface area is 274 Å². The highest BCUT2D eigenvalue weighted by molar-refractivity contribution is 5.95. The average Bonchev–Trinajstić information content (AvgIpc) is 3.17. The summed E-state index contributed by atoms with van der Waals surface area (Å²) >= 11 is 0. The van der Waals surface area contributed by atoms with Crippen LogP contribution in [-0.4, -0.2) is 57.6 Å². The fourth-order valence-corrected chi connectivity index (χ4v) is 11.9. The molecule has 46 heavy (non-hydrogen) atoms. The Hall–Kier alpha value is -2.48. The topological polar surface area (TPSA) is 124 Å². The lowest BCUT2D eigenvalue weighted by atomic mass is 9.42. The maximum Gasteiger partial charge on any atom is 0.330 e. The monoisotopic (exact) mass is 634 g/mol. The molecule has 4 N–H and O–H groups in total. The molecule has 1 aromatic rings. The van der Waals surface area contributed by atoms with Crippen molar-refractivity contribution in [1.82, 2.24) is 0 Å². The number of benzene rings is 1. The highest BCUT2D eigenvalue weighted by Gasteiger charge is 2.65. The van der Waals surface area contributed by atoms with E-state index in [9.17, 15) is 30.0 Å². The molecule has 0 radical (unpaired) electrons. The zero-order valence-corrected chi connectivity index (χ0v) is 28.3. The van der Waals surface area contributed by atoms with Gasteiger partial charge in [0.15, 0.2) is 5.78 Å². The summed E-state index contributed by atoms with van der Waals surface area (Å²) in [5, 5.41) is 42.5.